The maximum absolute atomic E-state index is 13.1. The van der Waals surface area contributed by atoms with Crippen LogP contribution in [0.25, 0.3) is 0 Å². The maximum atomic E-state index is 13.1. The van der Waals surface area contributed by atoms with Gasteiger partial charge in [-0.25, -0.2) is 4.39 Å². The van der Waals surface area contributed by atoms with Crippen LogP contribution in [0.2, 0.25) is 0 Å². The zero-order valence-electron chi connectivity index (χ0n) is 6.05. The zero-order valence-corrected chi connectivity index (χ0v) is 7.64. The molecule has 0 radical (unpaired) electrons. The minimum Gasteiger partial charge on any atom is -0.302 e. The second-order valence-electron chi connectivity index (χ2n) is 2.77. The van der Waals surface area contributed by atoms with Gasteiger partial charge in [-0.15, -0.1) is 0 Å². The van der Waals surface area contributed by atoms with E-state index >= 15 is 0 Å². The van der Waals surface area contributed by atoms with Gasteiger partial charge < -0.3 is 4.79 Å². The predicted molar refractivity (Wildman–Crippen MR) is 45.2 cm³/mol. The van der Waals surface area contributed by atoms with E-state index in [1.54, 1.807) is 19.1 Å². The molecule has 2 unspecified atom stereocenters. The average Bonchev–Trinajstić information content (AvgIpc) is 1.98. The lowest BCUT2D eigenvalue weighted by Crippen LogP contribution is -2.28. The molecule has 1 rings (SSSR count). The van der Waals surface area contributed by atoms with Crippen molar-refractivity contribution in [2.24, 2.45) is 5.41 Å². The Bertz CT molecular complexity index is 234. The van der Waals surface area contributed by atoms with E-state index in [4.69, 9.17) is 0 Å². The molecule has 0 amide bonds. The number of halogens is 2. The van der Waals surface area contributed by atoms with Crippen molar-refractivity contribution < 1.29 is 9.18 Å². The summed E-state index contributed by atoms with van der Waals surface area (Å²) in [5.74, 6) is 0. The van der Waals surface area contributed by atoms with E-state index in [2.05, 4.69) is 15.9 Å². The number of hydrogen-bond acceptors (Lipinski definition) is 1. The van der Waals surface area contributed by atoms with Crippen LogP contribution in [0.4, 0.5) is 4.39 Å². The van der Waals surface area contributed by atoms with Gasteiger partial charge in [0, 0.05) is 4.48 Å². The van der Waals surface area contributed by atoms with Gasteiger partial charge in [0.25, 0.3) is 0 Å². The molecule has 0 aromatic heterocycles. The van der Waals surface area contributed by atoms with Gasteiger partial charge in [0.15, 0.2) is 0 Å². The highest BCUT2D eigenvalue weighted by Crippen LogP contribution is 2.31. The molecule has 2 atom stereocenters. The molecule has 1 nitrogen and oxygen atoms in total. The highest BCUT2D eigenvalue weighted by Gasteiger charge is 2.32. The van der Waals surface area contributed by atoms with Gasteiger partial charge in [-0.05, 0) is 13.0 Å². The van der Waals surface area contributed by atoms with E-state index < -0.39 is 11.6 Å². The fourth-order valence-corrected chi connectivity index (χ4v) is 1.19. The standard InChI is InChI=1S/C8H8BrFO/c1-8(5-11)3-2-6(9)4-7(8)10/h2-5,7H,1H3. The first-order valence-electron chi connectivity index (χ1n) is 3.25. The van der Waals surface area contributed by atoms with Gasteiger partial charge >= 0.3 is 0 Å². The quantitative estimate of drug-likeness (QED) is 0.618. The van der Waals surface area contributed by atoms with E-state index in [0.29, 0.717) is 10.8 Å². The van der Waals surface area contributed by atoms with Crippen molar-refractivity contribution in [2.45, 2.75) is 13.1 Å². The summed E-state index contributed by atoms with van der Waals surface area (Å²) in [5, 5.41) is 0. The Morgan fingerprint density at radius 2 is 2.45 bits per heavy atom. The molecule has 3 heteroatoms. The molecule has 0 saturated carbocycles. The summed E-state index contributed by atoms with van der Waals surface area (Å²) in [4.78, 5) is 10.5. The number of allylic oxidation sites excluding steroid dienone is 4. The third-order valence-electron chi connectivity index (χ3n) is 1.76. The summed E-state index contributed by atoms with van der Waals surface area (Å²) in [7, 11) is 0. The Labute approximate surface area is 73.1 Å². The Morgan fingerprint density at radius 3 is 2.91 bits per heavy atom. The van der Waals surface area contributed by atoms with Crippen LogP contribution >= 0.6 is 15.9 Å². The molecule has 0 heterocycles. The predicted octanol–water partition coefficient (Wildman–Crippen LogP) is 2.38. The van der Waals surface area contributed by atoms with Crippen molar-refractivity contribution in [3.8, 4) is 0 Å². The van der Waals surface area contributed by atoms with Crippen molar-refractivity contribution in [3.05, 3.63) is 22.7 Å². The van der Waals surface area contributed by atoms with Gasteiger partial charge in [0.2, 0.25) is 0 Å². The Kier molecular flexibility index (Phi) is 2.28. The van der Waals surface area contributed by atoms with Crippen LogP contribution in [-0.4, -0.2) is 12.5 Å². The summed E-state index contributed by atoms with van der Waals surface area (Å²) >= 11 is 3.13. The van der Waals surface area contributed by atoms with E-state index in [9.17, 15) is 9.18 Å². The SMILES string of the molecule is CC1(C=O)C=CC(Br)=CC1F. The first-order valence-corrected chi connectivity index (χ1v) is 4.05. The van der Waals surface area contributed by atoms with Crippen molar-refractivity contribution >= 4 is 22.2 Å². The lowest BCUT2D eigenvalue weighted by atomic mass is 9.84. The van der Waals surface area contributed by atoms with Crippen LogP contribution < -0.4 is 0 Å². The van der Waals surface area contributed by atoms with Crippen LogP contribution in [0, 0.1) is 5.41 Å². The minimum absolute atomic E-state index is 0.629. The molecule has 1 aliphatic rings. The largest absolute Gasteiger partial charge is 0.302 e. The molecule has 0 spiro atoms. The van der Waals surface area contributed by atoms with E-state index in [0.717, 1.165) is 0 Å². The number of rotatable bonds is 1. The number of alkyl halides is 1. The first-order chi connectivity index (χ1) is 5.08. The minimum atomic E-state index is -1.22. The lowest BCUT2D eigenvalue weighted by Gasteiger charge is -2.23. The van der Waals surface area contributed by atoms with Gasteiger partial charge in [-0.1, -0.05) is 28.1 Å². The zero-order chi connectivity index (χ0) is 8.48. The summed E-state index contributed by atoms with van der Waals surface area (Å²) in [5.41, 5.74) is -0.975. The van der Waals surface area contributed by atoms with Crippen LogP contribution in [0.15, 0.2) is 22.7 Å². The highest BCUT2D eigenvalue weighted by atomic mass is 79.9. The molecule has 0 N–H and O–H groups in total. The summed E-state index contributed by atoms with van der Waals surface area (Å²) in [6.07, 6.45) is 4.04. The van der Waals surface area contributed by atoms with E-state index in [-0.39, 0.29) is 0 Å². The molecule has 0 saturated heterocycles. The third-order valence-corrected chi connectivity index (χ3v) is 2.28. The second-order valence-corrected chi connectivity index (χ2v) is 3.69. The smallest absolute Gasteiger partial charge is 0.135 e. The third kappa shape index (κ3) is 1.59. The molecule has 0 aromatic rings. The molecule has 0 fully saturated rings. The number of hydrogen-bond donors (Lipinski definition) is 0. The summed E-state index contributed by atoms with van der Waals surface area (Å²) < 4.78 is 13.8. The van der Waals surface area contributed by atoms with E-state index in [1.807, 2.05) is 0 Å². The number of carbonyl (C=O) groups is 1. The topological polar surface area (TPSA) is 17.1 Å². The van der Waals surface area contributed by atoms with Gasteiger partial charge in [-0.3, -0.25) is 0 Å². The Morgan fingerprint density at radius 1 is 1.82 bits per heavy atom. The van der Waals surface area contributed by atoms with Crippen LogP contribution in [0.3, 0.4) is 0 Å². The molecule has 60 valence electrons. The van der Waals surface area contributed by atoms with Crippen LogP contribution in [-0.2, 0) is 4.79 Å². The lowest BCUT2D eigenvalue weighted by molar-refractivity contribution is -0.115. The fraction of sp³-hybridized carbons (Fsp3) is 0.375. The second kappa shape index (κ2) is 2.89. The van der Waals surface area contributed by atoms with Gasteiger partial charge in [0.1, 0.15) is 12.5 Å². The van der Waals surface area contributed by atoms with Gasteiger partial charge in [-0.2, -0.15) is 0 Å². The maximum Gasteiger partial charge on any atom is 0.135 e. The van der Waals surface area contributed by atoms with Crippen molar-refractivity contribution in [1.29, 1.82) is 0 Å². The summed E-state index contributed by atoms with van der Waals surface area (Å²) in [6, 6.07) is 0. The molecule has 0 bridgehead atoms. The molecule has 1 aliphatic carbocycles. The Balaban J connectivity index is 2.92. The average molecular weight is 219 g/mol. The molecule has 0 aromatic carbocycles. The number of aldehydes is 1. The highest BCUT2D eigenvalue weighted by molar-refractivity contribution is 9.11. The molecular weight excluding hydrogens is 211 g/mol. The van der Waals surface area contributed by atoms with Gasteiger partial charge in [0.05, 0.1) is 5.41 Å². The normalized spacial score (nSPS) is 36.6. The summed E-state index contributed by atoms with van der Waals surface area (Å²) in [6.45, 7) is 1.57. The van der Waals surface area contributed by atoms with Crippen molar-refractivity contribution in [2.75, 3.05) is 0 Å². The van der Waals surface area contributed by atoms with E-state index in [1.165, 1.54) is 6.08 Å². The van der Waals surface area contributed by atoms with Crippen LogP contribution in [0.5, 0.6) is 0 Å². The number of carbonyl (C=O) groups excluding carboxylic acids is 1. The molecular formula is C8H8BrFO. The molecule has 0 aliphatic heterocycles. The van der Waals surface area contributed by atoms with Crippen LogP contribution in [0.1, 0.15) is 6.92 Å². The molecule has 11 heavy (non-hydrogen) atoms. The first kappa shape index (κ1) is 8.65. The van der Waals surface area contributed by atoms with Crippen molar-refractivity contribution in [3.63, 3.8) is 0 Å². The fourth-order valence-electron chi connectivity index (χ4n) is 0.830. The monoisotopic (exact) mass is 218 g/mol. The Hall–Kier alpha value is -0.440. The van der Waals surface area contributed by atoms with Crippen molar-refractivity contribution in [1.82, 2.24) is 0 Å².